The molecule has 2 aromatic rings. The van der Waals surface area contributed by atoms with E-state index in [-0.39, 0.29) is 12.5 Å². The lowest BCUT2D eigenvalue weighted by atomic mass is 10.1. The molecular weight excluding hydrogens is 312 g/mol. The van der Waals surface area contributed by atoms with Crippen molar-refractivity contribution in [2.24, 2.45) is 0 Å². The van der Waals surface area contributed by atoms with Crippen LogP contribution in [0.5, 0.6) is 0 Å². The number of hydrogen-bond donors (Lipinski definition) is 0. The number of carbonyl (C=O) groups excluding carboxylic acids is 2. The molecule has 0 spiro atoms. The third-order valence-electron chi connectivity index (χ3n) is 3.95. The molecule has 2 amide bonds. The van der Waals surface area contributed by atoms with Crippen LogP contribution in [-0.4, -0.2) is 22.2 Å². The van der Waals surface area contributed by atoms with Crippen LogP contribution in [0.1, 0.15) is 46.1 Å². The standard InChI is InChI=1S/C18H17ClN2O2/c1-12-4-2-3-5-16(12)18(23)21(11-22)10-15-8-14(19)9-17(20-15)13-6-7-13/h2-5,8-9,11,13H,6-7,10H2,1H3. The highest BCUT2D eigenvalue weighted by Crippen LogP contribution is 2.39. The van der Waals surface area contributed by atoms with Gasteiger partial charge in [0, 0.05) is 22.2 Å². The first-order chi connectivity index (χ1) is 11.1. The van der Waals surface area contributed by atoms with Crippen molar-refractivity contribution < 1.29 is 9.59 Å². The van der Waals surface area contributed by atoms with Gasteiger partial charge in [-0.2, -0.15) is 0 Å². The Hall–Kier alpha value is -2.20. The van der Waals surface area contributed by atoms with Gasteiger partial charge in [0.1, 0.15) is 0 Å². The maximum Gasteiger partial charge on any atom is 0.260 e. The van der Waals surface area contributed by atoms with Crippen LogP contribution in [0.15, 0.2) is 36.4 Å². The van der Waals surface area contributed by atoms with Gasteiger partial charge in [-0.15, -0.1) is 0 Å². The third-order valence-corrected chi connectivity index (χ3v) is 4.17. The molecule has 4 nitrogen and oxygen atoms in total. The zero-order valence-electron chi connectivity index (χ0n) is 12.8. The molecule has 1 saturated carbocycles. The molecule has 0 aliphatic heterocycles. The number of rotatable bonds is 5. The van der Waals surface area contributed by atoms with Crippen LogP contribution >= 0.6 is 11.6 Å². The smallest absolute Gasteiger partial charge is 0.260 e. The zero-order chi connectivity index (χ0) is 16.4. The van der Waals surface area contributed by atoms with Gasteiger partial charge in [-0.3, -0.25) is 19.5 Å². The molecule has 0 bridgehead atoms. The molecule has 1 aliphatic rings. The van der Waals surface area contributed by atoms with E-state index in [0.29, 0.717) is 28.6 Å². The van der Waals surface area contributed by atoms with Crippen molar-refractivity contribution in [1.82, 2.24) is 9.88 Å². The van der Waals surface area contributed by atoms with Crippen LogP contribution < -0.4 is 0 Å². The molecule has 1 aromatic carbocycles. The molecule has 0 unspecified atom stereocenters. The number of imide groups is 1. The van der Waals surface area contributed by atoms with E-state index in [1.807, 2.05) is 25.1 Å². The summed E-state index contributed by atoms with van der Waals surface area (Å²) in [5.41, 5.74) is 2.93. The summed E-state index contributed by atoms with van der Waals surface area (Å²) in [6.45, 7) is 1.97. The van der Waals surface area contributed by atoms with Gasteiger partial charge in [0.2, 0.25) is 6.41 Å². The molecule has 1 heterocycles. The van der Waals surface area contributed by atoms with Crippen LogP contribution in [0, 0.1) is 6.92 Å². The summed E-state index contributed by atoms with van der Waals surface area (Å²) in [7, 11) is 0. The predicted octanol–water partition coefficient (Wildman–Crippen LogP) is 3.72. The van der Waals surface area contributed by atoms with Crippen molar-refractivity contribution in [1.29, 1.82) is 0 Å². The highest BCUT2D eigenvalue weighted by atomic mass is 35.5. The second-order valence-electron chi connectivity index (χ2n) is 5.83. The van der Waals surface area contributed by atoms with Gasteiger partial charge in [0.25, 0.3) is 5.91 Å². The molecule has 1 aromatic heterocycles. The molecule has 23 heavy (non-hydrogen) atoms. The fourth-order valence-electron chi connectivity index (χ4n) is 2.54. The Morgan fingerprint density at radius 1 is 1.35 bits per heavy atom. The molecule has 118 valence electrons. The topological polar surface area (TPSA) is 50.3 Å². The Labute approximate surface area is 140 Å². The lowest BCUT2D eigenvalue weighted by Crippen LogP contribution is -2.30. The summed E-state index contributed by atoms with van der Waals surface area (Å²) in [6, 6.07) is 10.8. The molecule has 1 fully saturated rings. The highest BCUT2D eigenvalue weighted by Gasteiger charge is 2.26. The molecule has 5 heteroatoms. The van der Waals surface area contributed by atoms with Crippen molar-refractivity contribution >= 4 is 23.9 Å². The monoisotopic (exact) mass is 328 g/mol. The molecule has 0 radical (unpaired) electrons. The molecule has 0 atom stereocenters. The van der Waals surface area contributed by atoms with Crippen molar-refractivity contribution in [2.45, 2.75) is 32.2 Å². The summed E-state index contributed by atoms with van der Waals surface area (Å²) in [6.07, 6.45) is 2.78. The lowest BCUT2D eigenvalue weighted by Gasteiger charge is -2.17. The normalized spacial score (nSPS) is 13.7. The minimum Gasteiger partial charge on any atom is -0.278 e. The van der Waals surface area contributed by atoms with Crippen molar-refractivity contribution in [2.75, 3.05) is 0 Å². The number of hydrogen-bond acceptors (Lipinski definition) is 3. The van der Waals surface area contributed by atoms with Crippen molar-refractivity contribution in [3.63, 3.8) is 0 Å². The van der Waals surface area contributed by atoms with Gasteiger partial charge in [0.15, 0.2) is 0 Å². The van der Waals surface area contributed by atoms with E-state index in [1.54, 1.807) is 18.2 Å². The summed E-state index contributed by atoms with van der Waals surface area (Å²) in [5.74, 6) is 0.136. The zero-order valence-corrected chi connectivity index (χ0v) is 13.6. The SMILES string of the molecule is Cc1ccccc1C(=O)N(C=O)Cc1cc(Cl)cc(C2CC2)n1. The summed E-state index contributed by atoms with van der Waals surface area (Å²) < 4.78 is 0. The predicted molar refractivity (Wildman–Crippen MR) is 88.3 cm³/mol. The van der Waals surface area contributed by atoms with Gasteiger partial charge < -0.3 is 0 Å². The Morgan fingerprint density at radius 3 is 2.74 bits per heavy atom. The van der Waals surface area contributed by atoms with Gasteiger partial charge >= 0.3 is 0 Å². The van der Waals surface area contributed by atoms with E-state index in [0.717, 1.165) is 29.0 Å². The van der Waals surface area contributed by atoms with E-state index in [1.165, 1.54) is 0 Å². The average Bonchev–Trinajstić information content (AvgIpc) is 3.37. The number of aryl methyl sites for hydroxylation is 1. The average molecular weight is 329 g/mol. The molecule has 3 rings (SSSR count). The second kappa shape index (κ2) is 6.50. The first-order valence-corrected chi connectivity index (χ1v) is 7.94. The van der Waals surface area contributed by atoms with Gasteiger partial charge in [0.05, 0.1) is 12.2 Å². The number of nitrogens with zero attached hydrogens (tertiary/aromatic N) is 2. The maximum atomic E-state index is 12.6. The number of pyridine rings is 1. The molecular formula is C18H17ClN2O2. The lowest BCUT2D eigenvalue weighted by molar-refractivity contribution is -0.116. The van der Waals surface area contributed by atoms with E-state index in [9.17, 15) is 9.59 Å². The Kier molecular flexibility index (Phi) is 4.44. The molecule has 1 aliphatic carbocycles. The largest absolute Gasteiger partial charge is 0.278 e. The van der Waals surface area contributed by atoms with Gasteiger partial charge in [-0.25, -0.2) is 0 Å². The first kappa shape index (κ1) is 15.7. The van der Waals surface area contributed by atoms with Crippen molar-refractivity contribution in [3.8, 4) is 0 Å². The quantitative estimate of drug-likeness (QED) is 0.786. The molecule has 0 N–H and O–H groups in total. The van der Waals surface area contributed by atoms with Crippen LogP contribution in [-0.2, 0) is 11.3 Å². The maximum absolute atomic E-state index is 12.6. The van der Waals surface area contributed by atoms with Gasteiger partial charge in [-0.05, 0) is 43.5 Å². The first-order valence-electron chi connectivity index (χ1n) is 7.56. The number of benzene rings is 1. The number of halogens is 1. The fraction of sp³-hybridized carbons (Fsp3) is 0.278. The van der Waals surface area contributed by atoms with E-state index in [4.69, 9.17) is 11.6 Å². The number of amides is 2. The Bertz CT molecular complexity index is 756. The summed E-state index contributed by atoms with van der Waals surface area (Å²) >= 11 is 6.14. The van der Waals surface area contributed by atoms with Gasteiger partial charge in [-0.1, -0.05) is 29.8 Å². The minimum absolute atomic E-state index is 0.122. The van der Waals surface area contributed by atoms with Crippen LogP contribution in [0.3, 0.4) is 0 Å². The van der Waals surface area contributed by atoms with Crippen molar-refractivity contribution in [3.05, 3.63) is 63.9 Å². The fourth-order valence-corrected chi connectivity index (χ4v) is 2.78. The Morgan fingerprint density at radius 2 is 2.09 bits per heavy atom. The van der Waals surface area contributed by atoms with E-state index in [2.05, 4.69) is 4.98 Å². The van der Waals surface area contributed by atoms with Crippen LogP contribution in [0.25, 0.3) is 0 Å². The number of carbonyl (C=O) groups is 2. The second-order valence-corrected chi connectivity index (χ2v) is 6.27. The summed E-state index contributed by atoms with van der Waals surface area (Å²) in [4.78, 5) is 29.6. The highest BCUT2D eigenvalue weighted by molar-refractivity contribution is 6.30. The van der Waals surface area contributed by atoms with Crippen LogP contribution in [0.2, 0.25) is 5.02 Å². The van der Waals surface area contributed by atoms with E-state index >= 15 is 0 Å². The third kappa shape index (κ3) is 3.59. The Balaban J connectivity index is 1.83. The molecule has 0 saturated heterocycles. The van der Waals surface area contributed by atoms with E-state index < -0.39 is 0 Å². The van der Waals surface area contributed by atoms with Crippen LogP contribution in [0.4, 0.5) is 0 Å². The summed E-state index contributed by atoms with van der Waals surface area (Å²) in [5, 5.41) is 0.589. The minimum atomic E-state index is -0.326. The number of aromatic nitrogens is 1.